The van der Waals surface area contributed by atoms with Crippen molar-refractivity contribution in [3.8, 4) is 11.5 Å². The summed E-state index contributed by atoms with van der Waals surface area (Å²) in [6.45, 7) is 3.36. The molecule has 1 amide bonds. The van der Waals surface area contributed by atoms with Crippen LogP contribution in [0.5, 0.6) is 11.5 Å². The van der Waals surface area contributed by atoms with Crippen LogP contribution in [0.1, 0.15) is 25.3 Å². The Morgan fingerprint density at radius 3 is 2.46 bits per heavy atom. The molecule has 1 aliphatic rings. The molecule has 24 heavy (non-hydrogen) atoms. The molecule has 0 aromatic heterocycles. The molecule has 6 heteroatoms. The molecule has 0 aliphatic carbocycles. The molecule has 132 valence electrons. The average Bonchev–Trinajstić information content (AvgIpc) is 2.62. The number of likely N-dealkylation sites (tertiary alicyclic amines) is 1. The fourth-order valence-corrected chi connectivity index (χ4v) is 2.92. The Kier molecular flexibility index (Phi) is 6.46. The van der Waals surface area contributed by atoms with Gasteiger partial charge in [0.1, 0.15) is 11.5 Å². The number of methoxy groups -OCH3 is 2. The monoisotopic (exact) mass is 335 g/mol. The molecule has 0 radical (unpaired) electrons. The van der Waals surface area contributed by atoms with E-state index >= 15 is 0 Å². The summed E-state index contributed by atoms with van der Waals surface area (Å²) in [7, 11) is 3.17. The highest BCUT2D eigenvalue weighted by molar-refractivity contribution is 5.80. The van der Waals surface area contributed by atoms with Gasteiger partial charge < -0.3 is 19.1 Å². The van der Waals surface area contributed by atoms with Gasteiger partial charge in [0, 0.05) is 18.7 Å². The van der Waals surface area contributed by atoms with Crippen molar-refractivity contribution in [1.29, 1.82) is 0 Å². The standard InChI is InChI=1S/C18H25NO5/c1-4-24-18(21)13-7-9-19(10-8-13)17(20)12-14-11-15(22-2)5-6-16(14)23-3/h5-6,11,13H,4,7-10,12H2,1-3H3. The van der Waals surface area contributed by atoms with Gasteiger partial charge in [-0.3, -0.25) is 9.59 Å². The molecule has 0 unspecified atom stereocenters. The molecule has 1 aliphatic heterocycles. The molecule has 0 spiro atoms. The number of carbonyl (C=O) groups is 2. The van der Waals surface area contributed by atoms with Crippen LogP contribution < -0.4 is 9.47 Å². The van der Waals surface area contributed by atoms with Gasteiger partial charge >= 0.3 is 5.97 Å². The molecular weight excluding hydrogens is 310 g/mol. The summed E-state index contributed by atoms with van der Waals surface area (Å²) in [6, 6.07) is 5.42. The largest absolute Gasteiger partial charge is 0.497 e. The van der Waals surface area contributed by atoms with Crippen molar-refractivity contribution in [2.45, 2.75) is 26.2 Å². The zero-order valence-electron chi connectivity index (χ0n) is 14.5. The summed E-state index contributed by atoms with van der Waals surface area (Å²) in [4.78, 5) is 26.1. The second-order valence-electron chi connectivity index (χ2n) is 5.76. The Morgan fingerprint density at radius 2 is 1.88 bits per heavy atom. The van der Waals surface area contributed by atoms with Crippen LogP contribution >= 0.6 is 0 Å². The van der Waals surface area contributed by atoms with Crippen molar-refractivity contribution in [2.24, 2.45) is 5.92 Å². The number of hydrogen-bond donors (Lipinski definition) is 0. The van der Waals surface area contributed by atoms with E-state index in [2.05, 4.69) is 0 Å². The lowest BCUT2D eigenvalue weighted by molar-refractivity contribution is -0.151. The van der Waals surface area contributed by atoms with Crippen LogP contribution in [0.25, 0.3) is 0 Å². The summed E-state index contributed by atoms with van der Waals surface area (Å²) >= 11 is 0. The maximum absolute atomic E-state index is 12.6. The summed E-state index contributed by atoms with van der Waals surface area (Å²) in [5.74, 6) is 1.15. The van der Waals surface area contributed by atoms with Crippen LogP contribution in [-0.4, -0.2) is 50.7 Å². The van der Waals surface area contributed by atoms with E-state index in [0.717, 1.165) is 5.56 Å². The third kappa shape index (κ3) is 4.40. The Bertz CT molecular complexity index is 579. The van der Waals surface area contributed by atoms with Crippen molar-refractivity contribution in [3.63, 3.8) is 0 Å². The van der Waals surface area contributed by atoms with Gasteiger partial charge in [-0.1, -0.05) is 0 Å². The first-order valence-corrected chi connectivity index (χ1v) is 8.24. The van der Waals surface area contributed by atoms with Crippen molar-refractivity contribution in [1.82, 2.24) is 4.90 Å². The number of ether oxygens (including phenoxy) is 3. The molecule has 1 heterocycles. The number of hydrogen-bond acceptors (Lipinski definition) is 5. The van der Waals surface area contributed by atoms with Crippen molar-refractivity contribution in [2.75, 3.05) is 33.9 Å². The van der Waals surface area contributed by atoms with E-state index in [9.17, 15) is 9.59 Å². The van der Waals surface area contributed by atoms with Crippen LogP contribution in [0.3, 0.4) is 0 Å². The van der Waals surface area contributed by atoms with Crippen molar-refractivity contribution >= 4 is 11.9 Å². The predicted molar refractivity (Wildman–Crippen MR) is 89.2 cm³/mol. The van der Waals surface area contributed by atoms with Gasteiger partial charge in [0.05, 0.1) is 33.2 Å². The molecule has 1 fully saturated rings. The van der Waals surface area contributed by atoms with Gasteiger partial charge in [0.15, 0.2) is 0 Å². The number of nitrogens with zero attached hydrogens (tertiary/aromatic N) is 1. The minimum Gasteiger partial charge on any atom is -0.497 e. The SMILES string of the molecule is CCOC(=O)C1CCN(C(=O)Cc2cc(OC)ccc2OC)CC1. The molecule has 0 saturated carbocycles. The van der Waals surface area contributed by atoms with Gasteiger partial charge in [-0.25, -0.2) is 0 Å². The lowest BCUT2D eigenvalue weighted by Gasteiger charge is -2.31. The Morgan fingerprint density at radius 1 is 1.17 bits per heavy atom. The Hall–Kier alpha value is -2.24. The summed E-state index contributed by atoms with van der Waals surface area (Å²) < 4.78 is 15.6. The van der Waals surface area contributed by atoms with Gasteiger partial charge in [-0.2, -0.15) is 0 Å². The molecule has 2 rings (SSSR count). The van der Waals surface area contributed by atoms with E-state index in [1.165, 1.54) is 0 Å². The fraction of sp³-hybridized carbons (Fsp3) is 0.556. The molecule has 0 bridgehead atoms. The minimum atomic E-state index is -0.154. The molecular formula is C18H25NO5. The second-order valence-corrected chi connectivity index (χ2v) is 5.76. The minimum absolute atomic E-state index is 0.0314. The maximum Gasteiger partial charge on any atom is 0.309 e. The van der Waals surface area contributed by atoms with Crippen LogP contribution in [0.15, 0.2) is 18.2 Å². The van der Waals surface area contributed by atoms with E-state index in [-0.39, 0.29) is 24.2 Å². The van der Waals surface area contributed by atoms with Crippen LogP contribution in [0.4, 0.5) is 0 Å². The van der Waals surface area contributed by atoms with Crippen molar-refractivity contribution < 1.29 is 23.8 Å². The second kappa shape index (κ2) is 8.57. The molecule has 1 aromatic carbocycles. The predicted octanol–water partition coefficient (Wildman–Crippen LogP) is 2.05. The van der Waals surface area contributed by atoms with E-state index in [0.29, 0.717) is 44.0 Å². The van der Waals surface area contributed by atoms with E-state index in [1.807, 2.05) is 6.07 Å². The smallest absolute Gasteiger partial charge is 0.309 e. The third-order valence-corrected chi connectivity index (χ3v) is 4.30. The Balaban J connectivity index is 1.95. The molecule has 0 atom stereocenters. The molecule has 6 nitrogen and oxygen atoms in total. The van der Waals surface area contributed by atoms with Gasteiger partial charge in [0.2, 0.25) is 5.91 Å². The number of benzene rings is 1. The highest BCUT2D eigenvalue weighted by atomic mass is 16.5. The number of rotatable bonds is 6. The third-order valence-electron chi connectivity index (χ3n) is 4.30. The summed E-state index contributed by atoms with van der Waals surface area (Å²) in [6.07, 6.45) is 1.56. The van der Waals surface area contributed by atoms with Crippen LogP contribution in [0, 0.1) is 5.92 Å². The maximum atomic E-state index is 12.6. The zero-order valence-corrected chi connectivity index (χ0v) is 14.5. The quantitative estimate of drug-likeness (QED) is 0.745. The molecule has 1 saturated heterocycles. The topological polar surface area (TPSA) is 65.1 Å². The Labute approximate surface area is 142 Å². The van der Waals surface area contributed by atoms with Crippen LogP contribution in [-0.2, 0) is 20.7 Å². The molecule has 1 aromatic rings. The fourth-order valence-electron chi connectivity index (χ4n) is 2.92. The highest BCUT2D eigenvalue weighted by Gasteiger charge is 2.28. The van der Waals surface area contributed by atoms with Crippen LogP contribution in [0.2, 0.25) is 0 Å². The number of esters is 1. The van der Waals surface area contributed by atoms with E-state index < -0.39 is 0 Å². The summed E-state index contributed by atoms with van der Waals surface area (Å²) in [5.41, 5.74) is 0.800. The lowest BCUT2D eigenvalue weighted by Crippen LogP contribution is -2.41. The lowest BCUT2D eigenvalue weighted by atomic mass is 9.96. The number of carbonyl (C=O) groups excluding carboxylic acids is 2. The summed E-state index contributed by atoms with van der Waals surface area (Å²) in [5, 5.41) is 0. The normalized spacial score (nSPS) is 15.0. The van der Waals surface area contributed by atoms with Crippen molar-refractivity contribution in [3.05, 3.63) is 23.8 Å². The average molecular weight is 335 g/mol. The molecule has 0 N–H and O–H groups in total. The number of piperidine rings is 1. The highest BCUT2D eigenvalue weighted by Crippen LogP contribution is 2.26. The van der Waals surface area contributed by atoms with Gasteiger partial charge in [-0.05, 0) is 38.0 Å². The number of amides is 1. The first kappa shape index (κ1) is 18.1. The van der Waals surface area contributed by atoms with E-state index in [4.69, 9.17) is 14.2 Å². The van der Waals surface area contributed by atoms with E-state index in [1.54, 1.807) is 38.2 Å². The zero-order chi connectivity index (χ0) is 17.5. The first-order valence-electron chi connectivity index (χ1n) is 8.24. The first-order chi connectivity index (χ1) is 11.6. The van der Waals surface area contributed by atoms with Gasteiger partial charge in [-0.15, -0.1) is 0 Å². The van der Waals surface area contributed by atoms with Gasteiger partial charge in [0.25, 0.3) is 0 Å².